The quantitative estimate of drug-likeness (QED) is 0.635. The van der Waals surface area contributed by atoms with Gasteiger partial charge in [0.2, 0.25) is 10.0 Å². The summed E-state index contributed by atoms with van der Waals surface area (Å²) in [4.78, 5) is 7.74. The number of piperidine rings is 1. The Kier molecular flexibility index (Phi) is 7.92. The van der Waals surface area contributed by atoms with Gasteiger partial charge in [0.05, 0.1) is 6.26 Å². The van der Waals surface area contributed by atoms with Gasteiger partial charge in [-0.05, 0) is 51.8 Å². The molecule has 2 saturated heterocycles. The molecule has 3 heterocycles. The largest absolute Gasteiger partial charge is 0.381 e. The van der Waals surface area contributed by atoms with Crippen LogP contribution < -0.4 is 0 Å². The Labute approximate surface area is 174 Å². The van der Waals surface area contributed by atoms with Crippen molar-refractivity contribution in [3.05, 3.63) is 21.9 Å². The normalized spacial score (nSPS) is 23.0. The molecule has 28 heavy (non-hydrogen) atoms. The molecule has 0 aromatic carbocycles. The first-order chi connectivity index (χ1) is 13.3. The molecule has 160 valence electrons. The van der Waals surface area contributed by atoms with Crippen molar-refractivity contribution in [3.63, 3.8) is 0 Å². The van der Waals surface area contributed by atoms with Gasteiger partial charge in [0.15, 0.2) is 0 Å². The zero-order valence-corrected chi connectivity index (χ0v) is 19.1. The predicted octanol–water partition coefficient (Wildman–Crippen LogP) is 2.39. The second-order valence-corrected chi connectivity index (χ2v) is 11.6. The SMILES string of the molecule is Cc1ccc(CN(C)CCN(C2CCOCC2)C2CCCN(S(C)(=O)=O)C2)s1. The maximum absolute atomic E-state index is 12.1. The van der Waals surface area contributed by atoms with Crippen LogP contribution >= 0.6 is 11.3 Å². The Morgan fingerprint density at radius 1 is 1.18 bits per heavy atom. The van der Waals surface area contributed by atoms with Crippen LogP contribution in [0.3, 0.4) is 0 Å². The summed E-state index contributed by atoms with van der Waals surface area (Å²) in [5, 5.41) is 0. The molecule has 0 aliphatic carbocycles. The maximum Gasteiger partial charge on any atom is 0.211 e. The molecule has 2 fully saturated rings. The van der Waals surface area contributed by atoms with E-state index in [4.69, 9.17) is 4.74 Å². The average Bonchev–Trinajstić information content (AvgIpc) is 3.07. The Morgan fingerprint density at radius 3 is 2.57 bits per heavy atom. The highest BCUT2D eigenvalue weighted by molar-refractivity contribution is 7.88. The summed E-state index contributed by atoms with van der Waals surface area (Å²) in [7, 11) is -0.938. The van der Waals surface area contributed by atoms with E-state index in [9.17, 15) is 8.42 Å². The Bertz CT molecular complexity index is 716. The van der Waals surface area contributed by atoms with Gasteiger partial charge in [-0.15, -0.1) is 11.3 Å². The highest BCUT2D eigenvalue weighted by Gasteiger charge is 2.33. The van der Waals surface area contributed by atoms with Crippen LogP contribution in [-0.2, 0) is 21.3 Å². The van der Waals surface area contributed by atoms with Gasteiger partial charge >= 0.3 is 0 Å². The molecule has 0 bridgehead atoms. The second-order valence-electron chi connectivity index (χ2n) is 8.25. The Morgan fingerprint density at radius 2 is 1.93 bits per heavy atom. The van der Waals surface area contributed by atoms with Gasteiger partial charge in [-0.25, -0.2) is 12.7 Å². The van der Waals surface area contributed by atoms with Gasteiger partial charge in [0, 0.05) is 67.8 Å². The van der Waals surface area contributed by atoms with Crippen molar-refractivity contribution in [1.82, 2.24) is 14.1 Å². The minimum Gasteiger partial charge on any atom is -0.381 e. The number of likely N-dealkylation sites (N-methyl/N-ethyl adjacent to an activating group) is 1. The fraction of sp³-hybridized carbons (Fsp3) is 0.800. The van der Waals surface area contributed by atoms with E-state index in [0.29, 0.717) is 25.2 Å². The first kappa shape index (κ1) is 22.2. The molecule has 0 amide bonds. The first-order valence-corrected chi connectivity index (χ1v) is 13.0. The number of nitrogens with zero attached hydrogens (tertiary/aromatic N) is 3. The van der Waals surface area contributed by atoms with Crippen molar-refractivity contribution in [3.8, 4) is 0 Å². The van der Waals surface area contributed by atoms with Crippen molar-refractivity contribution in [2.75, 3.05) is 52.7 Å². The van der Waals surface area contributed by atoms with E-state index in [1.807, 2.05) is 11.3 Å². The molecule has 3 rings (SSSR count). The molecule has 0 N–H and O–H groups in total. The molecular weight excluding hydrogens is 394 g/mol. The van der Waals surface area contributed by atoms with E-state index in [2.05, 4.69) is 35.9 Å². The molecule has 6 nitrogen and oxygen atoms in total. The zero-order chi connectivity index (χ0) is 20.1. The van der Waals surface area contributed by atoms with Crippen molar-refractivity contribution < 1.29 is 13.2 Å². The van der Waals surface area contributed by atoms with Crippen LogP contribution in [0.2, 0.25) is 0 Å². The van der Waals surface area contributed by atoms with Crippen molar-refractivity contribution in [1.29, 1.82) is 0 Å². The summed E-state index contributed by atoms with van der Waals surface area (Å²) in [6.07, 6.45) is 5.45. The highest BCUT2D eigenvalue weighted by atomic mass is 32.2. The lowest BCUT2D eigenvalue weighted by atomic mass is 9.99. The molecule has 8 heteroatoms. The molecule has 1 unspecified atom stereocenters. The van der Waals surface area contributed by atoms with Gasteiger partial charge in [0.1, 0.15) is 0 Å². The van der Waals surface area contributed by atoms with Gasteiger partial charge in [-0.3, -0.25) is 4.90 Å². The molecular formula is C20H35N3O3S2. The smallest absolute Gasteiger partial charge is 0.211 e. The first-order valence-electron chi connectivity index (χ1n) is 10.4. The number of thiophene rings is 1. The number of aryl methyl sites for hydroxylation is 1. The van der Waals surface area contributed by atoms with Gasteiger partial charge < -0.3 is 9.64 Å². The van der Waals surface area contributed by atoms with Crippen LogP contribution in [0.4, 0.5) is 0 Å². The van der Waals surface area contributed by atoms with Crippen LogP contribution in [0.1, 0.15) is 35.4 Å². The summed E-state index contributed by atoms with van der Waals surface area (Å²) < 4.78 is 31.4. The van der Waals surface area contributed by atoms with Crippen LogP contribution in [0.5, 0.6) is 0 Å². The standard InChI is InChI=1S/C20H35N3O3S2/c1-17-6-7-20(27-17)16-21(2)11-12-23(18-8-13-26-14-9-18)19-5-4-10-22(15-19)28(3,24)25/h6-7,18-19H,4-5,8-16H2,1-3H3. The third-order valence-electron chi connectivity index (χ3n) is 5.92. The summed E-state index contributed by atoms with van der Waals surface area (Å²) in [6.45, 7) is 8.01. The van der Waals surface area contributed by atoms with E-state index in [1.165, 1.54) is 16.0 Å². The van der Waals surface area contributed by atoms with Crippen LogP contribution in [0, 0.1) is 6.92 Å². The Hall–Kier alpha value is -0.510. The van der Waals surface area contributed by atoms with E-state index < -0.39 is 10.0 Å². The van der Waals surface area contributed by atoms with Crippen LogP contribution in [0.15, 0.2) is 12.1 Å². The Balaban J connectivity index is 1.63. The fourth-order valence-corrected chi connectivity index (χ4v) is 6.25. The van der Waals surface area contributed by atoms with E-state index in [-0.39, 0.29) is 0 Å². The minimum absolute atomic E-state index is 0.309. The van der Waals surface area contributed by atoms with E-state index >= 15 is 0 Å². The molecule has 0 radical (unpaired) electrons. The third kappa shape index (κ3) is 6.24. The molecule has 0 spiro atoms. The molecule has 1 aromatic rings. The third-order valence-corrected chi connectivity index (χ3v) is 8.17. The minimum atomic E-state index is -3.12. The average molecular weight is 430 g/mol. The molecule has 1 aromatic heterocycles. The van der Waals surface area contributed by atoms with Crippen LogP contribution in [0.25, 0.3) is 0 Å². The fourth-order valence-electron chi connectivity index (χ4n) is 4.37. The van der Waals surface area contributed by atoms with E-state index in [0.717, 1.165) is 58.5 Å². The molecule has 1 atom stereocenters. The van der Waals surface area contributed by atoms with Gasteiger partial charge in [-0.2, -0.15) is 0 Å². The molecule has 0 saturated carbocycles. The zero-order valence-electron chi connectivity index (χ0n) is 17.5. The topological polar surface area (TPSA) is 53.1 Å². The van der Waals surface area contributed by atoms with Crippen LogP contribution in [-0.4, -0.2) is 87.3 Å². The molecule has 2 aliphatic heterocycles. The number of hydrogen-bond donors (Lipinski definition) is 0. The number of rotatable bonds is 8. The lowest BCUT2D eigenvalue weighted by molar-refractivity contribution is 0.00278. The maximum atomic E-state index is 12.1. The number of sulfonamides is 1. The van der Waals surface area contributed by atoms with Gasteiger partial charge in [-0.1, -0.05) is 0 Å². The lowest BCUT2D eigenvalue weighted by Gasteiger charge is -2.44. The summed E-state index contributed by atoms with van der Waals surface area (Å²) in [5.74, 6) is 0. The number of hydrogen-bond acceptors (Lipinski definition) is 6. The predicted molar refractivity (Wildman–Crippen MR) is 115 cm³/mol. The lowest BCUT2D eigenvalue weighted by Crippen LogP contribution is -2.55. The van der Waals surface area contributed by atoms with Crippen molar-refractivity contribution in [2.24, 2.45) is 0 Å². The summed E-state index contributed by atoms with van der Waals surface area (Å²) >= 11 is 1.86. The van der Waals surface area contributed by atoms with E-state index in [1.54, 1.807) is 4.31 Å². The van der Waals surface area contributed by atoms with Crippen molar-refractivity contribution >= 4 is 21.4 Å². The number of ether oxygens (including phenoxy) is 1. The van der Waals surface area contributed by atoms with Crippen molar-refractivity contribution in [2.45, 2.75) is 51.2 Å². The van der Waals surface area contributed by atoms with Gasteiger partial charge in [0.25, 0.3) is 0 Å². The second kappa shape index (κ2) is 10.00. The molecule has 2 aliphatic rings. The highest BCUT2D eigenvalue weighted by Crippen LogP contribution is 2.24. The summed E-state index contributed by atoms with van der Waals surface area (Å²) in [5.41, 5.74) is 0. The summed E-state index contributed by atoms with van der Waals surface area (Å²) in [6, 6.07) is 5.21. The monoisotopic (exact) mass is 429 g/mol.